The smallest absolute Gasteiger partial charge is 0.340 e. The fourth-order valence-corrected chi connectivity index (χ4v) is 3.32. The van der Waals surface area contributed by atoms with E-state index in [1.807, 2.05) is 49.4 Å². The van der Waals surface area contributed by atoms with Gasteiger partial charge >= 0.3 is 5.63 Å². The molecule has 128 valence electrons. The SMILES string of the molecule is Cc1c(Cc2ccccc2)c(=O)oc2cc(SC(=O)N(C)C)ccc12. The van der Waals surface area contributed by atoms with E-state index in [1.165, 1.54) is 4.90 Å². The molecule has 2 aromatic carbocycles. The highest BCUT2D eigenvalue weighted by molar-refractivity contribution is 8.13. The molecular weight excluding hydrogens is 334 g/mol. The molecule has 0 aliphatic carbocycles. The molecule has 1 amide bonds. The molecule has 0 aliphatic heterocycles. The van der Waals surface area contributed by atoms with Crippen molar-refractivity contribution in [2.45, 2.75) is 18.2 Å². The number of carbonyl (C=O) groups is 1. The number of hydrogen-bond donors (Lipinski definition) is 0. The van der Waals surface area contributed by atoms with Crippen molar-refractivity contribution < 1.29 is 9.21 Å². The summed E-state index contributed by atoms with van der Waals surface area (Å²) in [5.74, 6) is 0. The lowest BCUT2D eigenvalue weighted by atomic mass is 10.00. The van der Waals surface area contributed by atoms with Gasteiger partial charge in [-0.3, -0.25) is 4.79 Å². The zero-order valence-electron chi connectivity index (χ0n) is 14.4. The van der Waals surface area contributed by atoms with E-state index in [0.717, 1.165) is 33.2 Å². The maximum Gasteiger partial charge on any atom is 0.340 e. The van der Waals surface area contributed by atoms with Crippen LogP contribution in [0.1, 0.15) is 16.7 Å². The number of amides is 1. The Bertz CT molecular complexity index is 977. The van der Waals surface area contributed by atoms with Gasteiger partial charge < -0.3 is 9.32 Å². The molecule has 0 saturated heterocycles. The molecule has 3 aromatic rings. The third-order valence-electron chi connectivity index (χ3n) is 4.05. The van der Waals surface area contributed by atoms with E-state index >= 15 is 0 Å². The number of nitrogens with zero attached hydrogens (tertiary/aromatic N) is 1. The van der Waals surface area contributed by atoms with E-state index in [0.29, 0.717) is 17.6 Å². The number of rotatable bonds is 3. The molecule has 0 spiro atoms. The molecule has 5 heteroatoms. The molecular formula is C20H19NO3S. The average Bonchev–Trinajstić information content (AvgIpc) is 2.59. The summed E-state index contributed by atoms with van der Waals surface area (Å²) in [6, 6.07) is 15.4. The minimum absolute atomic E-state index is 0.0703. The van der Waals surface area contributed by atoms with Crippen molar-refractivity contribution >= 4 is 28.0 Å². The topological polar surface area (TPSA) is 50.5 Å². The van der Waals surface area contributed by atoms with Crippen LogP contribution < -0.4 is 5.63 Å². The van der Waals surface area contributed by atoms with Crippen LogP contribution in [0, 0.1) is 6.92 Å². The first-order chi connectivity index (χ1) is 12.0. The predicted octanol–water partition coefficient (Wildman–Crippen LogP) is 4.47. The van der Waals surface area contributed by atoms with Gasteiger partial charge in [0, 0.05) is 36.4 Å². The van der Waals surface area contributed by atoms with Gasteiger partial charge in [-0.15, -0.1) is 0 Å². The summed E-state index contributed by atoms with van der Waals surface area (Å²) < 4.78 is 5.53. The van der Waals surface area contributed by atoms with Crippen molar-refractivity contribution in [3.05, 3.63) is 75.6 Å². The van der Waals surface area contributed by atoms with E-state index in [2.05, 4.69) is 0 Å². The van der Waals surface area contributed by atoms with Gasteiger partial charge in [0.25, 0.3) is 5.24 Å². The fraction of sp³-hybridized carbons (Fsp3) is 0.200. The number of benzene rings is 2. The van der Waals surface area contributed by atoms with Gasteiger partial charge in [-0.25, -0.2) is 4.79 Å². The van der Waals surface area contributed by atoms with Crippen LogP contribution in [0.15, 0.2) is 62.6 Å². The lowest BCUT2D eigenvalue weighted by Gasteiger charge is -2.11. The van der Waals surface area contributed by atoms with Gasteiger partial charge in [0.2, 0.25) is 0 Å². The highest BCUT2D eigenvalue weighted by Crippen LogP contribution is 2.27. The summed E-state index contributed by atoms with van der Waals surface area (Å²) in [6.45, 7) is 1.94. The normalized spacial score (nSPS) is 10.8. The van der Waals surface area contributed by atoms with Gasteiger partial charge in [-0.1, -0.05) is 30.3 Å². The van der Waals surface area contributed by atoms with Crippen LogP contribution in [0.3, 0.4) is 0 Å². The molecule has 0 atom stereocenters. The van der Waals surface area contributed by atoms with Gasteiger partial charge in [-0.2, -0.15) is 0 Å². The van der Waals surface area contributed by atoms with Gasteiger partial charge in [0.05, 0.1) is 0 Å². The molecule has 0 radical (unpaired) electrons. The Balaban J connectivity index is 2.00. The quantitative estimate of drug-likeness (QED) is 0.515. The molecule has 25 heavy (non-hydrogen) atoms. The summed E-state index contributed by atoms with van der Waals surface area (Å²) in [5.41, 5.74) is 2.85. The van der Waals surface area contributed by atoms with Gasteiger partial charge in [0.15, 0.2) is 0 Å². The first-order valence-corrected chi connectivity index (χ1v) is 8.77. The maximum absolute atomic E-state index is 12.5. The summed E-state index contributed by atoms with van der Waals surface area (Å²) >= 11 is 1.11. The van der Waals surface area contributed by atoms with Crippen LogP contribution in [0.4, 0.5) is 4.79 Å². The predicted molar refractivity (Wildman–Crippen MR) is 101 cm³/mol. The fourth-order valence-electron chi connectivity index (χ4n) is 2.63. The first-order valence-electron chi connectivity index (χ1n) is 7.95. The maximum atomic E-state index is 12.5. The van der Waals surface area contributed by atoms with Crippen LogP contribution >= 0.6 is 11.8 Å². The molecule has 4 nitrogen and oxygen atoms in total. The third-order valence-corrected chi connectivity index (χ3v) is 5.08. The van der Waals surface area contributed by atoms with Gasteiger partial charge in [-0.05, 0) is 48.0 Å². The Morgan fingerprint density at radius 2 is 1.84 bits per heavy atom. The summed E-state index contributed by atoms with van der Waals surface area (Å²) in [5, 5.41) is 0.825. The lowest BCUT2D eigenvalue weighted by molar-refractivity contribution is 0.241. The van der Waals surface area contributed by atoms with Crippen molar-refractivity contribution in [2.75, 3.05) is 14.1 Å². The Morgan fingerprint density at radius 3 is 2.52 bits per heavy atom. The minimum Gasteiger partial charge on any atom is -0.422 e. The number of hydrogen-bond acceptors (Lipinski definition) is 4. The number of carbonyl (C=O) groups excluding carboxylic acids is 1. The van der Waals surface area contributed by atoms with E-state index < -0.39 is 0 Å². The molecule has 0 fully saturated rings. The largest absolute Gasteiger partial charge is 0.422 e. The van der Waals surface area contributed by atoms with Crippen molar-refractivity contribution in [1.29, 1.82) is 0 Å². The highest BCUT2D eigenvalue weighted by Gasteiger charge is 2.14. The molecule has 1 aromatic heterocycles. The molecule has 0 aliphatic rings. The van der Waals surface area contributed by atoms with Crippen molar-refractivity contribution in [3.63, 3.8) is 0 Å². The van der Waals surface area contributed by atoms with Crippen LogP contribution in [-0.2, 0) is 6.42 Å². The van der Waals surface area contributed by atoms with E-state index in [-0.39, 0.29) is 10.9 Å². The van der Waals surface area contributed by atoms with Crippen molar-refractivity contribution in [3.8, 4) is 0 Å². The summed E-state index contributed by atoms with van der Waals surface area (Å²) in [6.07, 6.45) is 0.542. The molecule has 0 saturated carbocycles. The van der Waals surface area contributed by atoms with E-state index in [9.17, 15) is 9.59 Å². The highest BCUT2D eigenvalue weighted by atomic mass is 32.2. The van der Waals surface area contributed by atoms with Gasteiger partial charge in [0.1, 0.15) is 5.58 Å². The van der Waals surface area contributed by atoms with Crippen LogP contribution in [-0.4, -0.2) is 24.2 Å². The second kappa shape index (κ2) is 7.15. The Morgan fingerprint density at radius 1 is 1.12 bits per heavy atom. The first kappa shape index (κ1) is 17.3. The average molecular weight is 353 g/mol. The second-order valence-corrected chi connectivity index (χ2v) is 7.10. The number of aryl methyl sites for hydroxylation is 1. The number of thioether (sulfide) groups is 1. The molecule has 0 bridgehead atoms. The monoisotopic (exact) mass is 353 g/mol. The van der Waals surface area contributed by atoms with Crippen LogP contribution in [0.25, 0.3) is 11.0 Å². The molecule has 1 heterocycles. The lowest BCUT2D eigenvalue weighted by Crippen LogP contribution is -2.16. The Hall–Kier alpha value is -2.53. The van der Waals surface area contributed by atoms with E-state index in [4.69, 9.17) is 4.42 Å². The van der Waals surface area contributed by atoms with Crippen molar-refractivity contribution in [1.82, 2.24) is 4.90 Å². The summed E-state index contributed by atoms with van der Waals surface area (Å²) in [4.78, 5) is 26.6. The standard InChI is InChI=1S/C20H19NO3S/c1-13-16-10-9-15(25-20(23)21(2)3)12-18(16)24-19(22)17(13)11-14-7-5-4-6-8-14/h4-10,12H,11H2,1-3H3. The molecule has 0 unspecified atom stereocenters. The zero-order chi connectivity index (χ0) is 18.0. The third kappa shape index (κ3) is 3.77. The minimum atomic E-state index is -0.324. The molecule has 0 N–H and O–H groups in total. The summed E-state index contributed by atoms with van der Waals surface area (Å²) in [7, 11) is 3.41. The van der Waals surface area contributed by atoms with Crippen molar-refractivity contribution in [2.24, 2.45) is 0 Å². The second-order valence-electron chi connectivity index (χ2n) is 6.08. The van der Waals surface area contributed by atoms with Crippen LogP contribution in [0.2, 0.25) is 0 Å². The Kier molecular flexibility index (Phi) is 4.95. The van der Waals surface area contributed by atoms with E-state index in [1.54, 1.807) is 20.2 Å². The zero-order valence-corrected chi connectivity index (χ0v) is 15.2. The van der Waals surface area contributed by atoms with Crippen LogP contribution in [0.5, 0.6) is 0 Å². The molecule has 3 rings (SSSR count). The number of fused-ring (bicyclic) bond motifs is 1. The Labute approximate surface area is 150 Å².